The molecule has 0 spiro atoms. The molecule has 1 aromatic carbocycles. The lowest BCUT2D eigenvalue weighted by Crippen LogP contribution is -2.39. The van der Waals surface area contributed by atoms with Crippen molar-refractivity contribution in [1.82, 2.24) is 0 Å². The number of carbonyl (C=O) groups excluding carboxylic acids is 2. The Kier molecular flexibility index (Phi) is 7.69. The Labute approximate surface area is 162 Å². The molecule has 5 heteroatoms. The van der Waals surface area contributed by atoms with Crippen LogP contribution in [0.2, 0.25) is 0 Å². The minimum Gasteiger partial charge on any atom is -0.479 e. The third-order valence-corrected chi connectivity index (χ3v) is 5.22. The molecule has 1 aliphatic carbocycles. The summed E-state index contributed by atoms with van der Waals surface area (Å²) in [6.07, 6.45) is 2.38. The van der Waals surface area contributed by atoms with Crippen LogP contribution in [0.15, 0.2) is 24.3 Å². The predicted octanol–water partition coefficient (Wildman–Crippen LogP) is 4.63. The normalized spacial score (nSPS) is 23.6. The molecule has 4 unspecified atom stereocenters. The Bertz CT molecular complexity index is 639. The van der Waals surface area contributed by atoms with Crippen LogP contribution in [0.4, 0.5) is 0 Å². The van der Waals surface area contributed by atoms with Crippen LogP contribution in [0.1, 0.15) is 64.2 Å². The second-order valence-corrected chi connectivity index (χ2v) is 7.81. The highest BCUT2D eigenvalue weighted by atomic mass is 16.6. The summed E-state index contributed by atoms with van der Waals surface area (Å²) < 4.78 is 16.6. The van der Waals surface area contributed by atoms with Crippen molar-refractivity contribution in [2.75, 3.05) is 6.61 Å². The SMILES string of the molecule is CCOC(=O)c1cccc(OC(C)C(=O)OC2CC(C)CCC2C(C)C)c1. The topological polar surface area (TPSA) is 61.8 Å². The lowest BCUT2D eigenvalue weighted by atomic mass is 9.75. The van der Waals surface area contributed by atoms with E-state index in [9.17, 15) is 9.59 Å². The van der Waals surface area contributed by atoms with Gasteiger partial charge in [-0.3, -0.25) is 0 Å². The van der Waals surface area contributed by atoms with Crippen LogP contribution in [0.3, 0.4) is 0 Å². The van der Waals surface area contributed by atoms with Gasteiger partial charge < -0.3 is 14.2 Å². The second kappa shape index (κ2) is 9.77. The molecule has 1 aromatic rings. The zero-order chi connectivity index (χ0) is 20.0. The van der Waals surface area contributed by atoms with Gasteiger partial charge in [-0.25, -0.2) is 9.59 Å². The quantitative estimate of drug-likeness (QED) is 0.649. The van der Waals surface area contributed by atoms with Gasteiger partial charge in [0.25, 0.3) is 0 Å². The molecular formula is C22H32O5. The maximum absolute atomic E-state index is 12.6. The van der Waals surface area contributed by atoms with Crippen molar-refractivity contribution in [2.45, 2.75) is 66.1 Å². The van der Waals surface area contributed by atoms with Crippen molar-refractivity contribution in [3.05, 3.63) is 29.8 Å². The van der Waals surface area contributed by atoms with Crippen LogP contribution < -0.4 is 4.74 Å². The van der Waals surface area contributed by atoms with Gasteiger partial charge in [0.05, 0.1) is 12.2 Å². The van der Waals surface area contributed by atoms with Crippen LogP contribution in [0.5, 0.6) is 5.75 Å². The number of benzene rings is 1. The molecule has 0 amide bonds. The molecule has 1 saturated carbocycles. The molecule has 4 atom stereocenters. The van der Waals surface area contributed by atoms with Gasteiger partial charge in [-0.15, -0.1) is 0 Å². The van der Waals surface area contributed by atoms with Crippen LogP contribution in [0, 0.1) is 17.8 Å². The van der Waals surface area contributed by atoms with Crippen LogP contribution in [-0.4, -0.2) is 30.8 Å². The average molecular weight is 376 g/mol. The first-order valence-corrected chi connectivity index (χ1v) is 9.96. The molecular weight excluding hydrogens is 344 g/mol. The highest BCUT2D eigenvalue weighted by Gasteiger charge is 2.34. The molecule has 5 nitrogen and oxygen atoms in total. The molecule has 0 bridgehead atoms. The van der Waals surface area contributed by atoms with Crippen molar-refractivity contribution in [3.63, 3.8) is 0 Å². The van der Waals surface area contributed by atoms with Crippen LogP contribution in [-0.2, 0) is 14.3 Å². The summed E-state index contributed by atoms with van der Waals surface area (Å²) in [7, 11) is 0. The van der Waals surface area contributed by atoms with Gasteiger partial charge in [0.1, 0.15) is 11.9 Å². The maximum Gasteiger partial charge on any atom is 0.347 e. The molecule has 150 valence electrons. The zero-order valence-electron chi connectivity index (χ0n) is 17.1. The summed E-state index contributed by atoms with van der Waals surface area (Å²) in [4.78, 5) is 24.4. The minimum absolute atomic E-state index is 0.0573. The number of hydrogen-bond acceptors (Lipinski definition) is 5. The van der Waals surface area contributed by atoms with E-state index < -0.39 is 12.1 Å². The fourth-order valence-corrected chi connectivity index (χ4v) is 3.66. The van der Waals surface area contributed by atoms with Crippen LogP contribution in [0.25, 0.3) is 0 Å². The number of rotatable bonds is 7. The zero-order valence-corrected chi connectivity index (χ0v) is 17.1. The number of esters is 2. The summed E-state index contributed by atoms with van der Waals surface area (Å²) in [5.41, 5.74) is 0.399. The fraction of sp³-hybridized carbons (Fsp3) is 0.636. The average Bonchev–Trinajstić information content (AvgIpc) is 2.62. The lowest BCUT2D eigenvalue weighted by molar-refractivity contribution is -0.163. The van der Waals surface area contributed by atoms with E-state index in [1.807, 2.05) is 0 Å². The van der Waals surface area contributed by atoms with Gasteiger partial charge in [-0.05, 0) is 62.6 Å². The smallest absolute Gasteiger partial charge is 0.347 e. The molecule has 2 rings (SSSR count). The summed E-state index contributed by atoms with van der Waals surface area (Å²) in [6.45, 7) is 10.3. The van der Waals surface area contributed by atoms with Gasteiger partial charge in [0, 0.05) is 0 Å². The Balaban J connectivity index is 1.98. The van der Waals surface area contributed by atoms with E-state index in [4.69, 9.17) is 14.2 Å². The van der Waals surface area contributed by atoms with Crippen molar-refractivity contribution in [3.8, 4) is 5.75 Å². The van der Waals surface area contributed by atoms with Crippen molar-refractivity contribution >= 4 is 11.9 Å². The molecule has 0 aliphatic heterocycles. The molecule has 0 radical (unpaired) electrons. The molecule has 0 heterocycles. The Morgan fingerprint density at radius 2 is 1.93 bits per heavy atom. The predicted molar refractivity (Wildman–Crippen MR) is 104 cm³/mol. The van der Waals surface area contributed by atoms with Crippen molar-refractivity contribution in [1.29, 1.82) is 0 Å². The first-order chi connectivity index (χ1) is 12.8. The minimum atomic E-state index is -0.743. The summed E-state index contributed by atoms with van der Waals surface area (Å²) in [6, 6.07) is 6.66. The largest absolute Gasteiger partial charge is 0.479 e. The summed E-state index contributed by atoms with van der Waals surface area (Å²) >= 11 is 0. The molecule has 0 aromatic heterocycles. The van der Waals surface area contributed by atoms with Gasteiger partial charge in [0.2, 0.25) is 0 Å². The molecule has 1 fully saturated rings. The van der Waals surface area contributed by atoms with Gasteiger partial charge >= 0.3 is 11.9 Å². The Morgan fingerprint density at radius 1 is 1.19 bits per heavy atom. The number of ether oxygens (including phenoxy) is 3. The number of carbonyl (C=O) groups is 2. The summed E-state index contributed by atoms with van der Waals surface area (Å²) in [5, 5.41) is 0. The molecule has 27 heavy (non-hydrogen) atoms. The van der Waals surface area contributed by atoms with E-state index in [1.165, 1.54) is 6.42 Å². The fourth-order valence-electron chi connectivity index (χ4n) is 3.66. The highest BCUT2D eigenvalue weighted by Crippen LogP contribution is 2.35. The molecule has 1 aliphatic rings. The maximum atomic E-state index is 12.6. The Morgan fingerprint density at radius 3 is 2.59 bits per heavy atom. The van der Waals surface area contributed by atoms with Gasteiger partial charge in [0.15, 0.2) is 6.10 Å². The summed E-state index contributed by atoms with van der Waals surface area (Å²) in [5.74, 6) is 1.12. The molecule has 0 N–H and O–H groups in total. The van der Waals surface area contributed by atoms with E-state index in [1.54, 1.807) is 38.1 Å². The van der Waals surface area contributed by atoms with Crippen LogP contribution >= 0.6 is 0 Å². The van der Waals surface area contributed by atoms with E-state index >= 15 is 0 Å². The standard InChI is InChI=1S/C22H32O5/c1-6-25-22(24)17-8-7-9-18(13-17)26-16(5)21(23)27-20-12-15(4)10-11-19(20)14(2)3/h7-9,13-16,19-20H,6,10-12H2,1-5H3. The monoisotopic (exact) mass is 376 g/mol. The third-order valence-electron chi connectivity index (χ3n) is 5.22. The van der Waals surface area contributed by atoms with Gasteiger partial charge in [-0.2, -0.15) is 0 Å². The molecule has 0 saturated heterocycles. The lowest BCUT2D eigenvalue weighted by Gasteiger charge is -2.37. The van der Waals surface area contributed by atoms with E-state index in [0.717, 1.165) is 12.8 Å². The van der Waals surface area contributed by atoms with Crippen molar-refractivity contribution < 1.29 is 23.8 Å². The number of hydrogen-bond donors (Lipinski definition) is 0. The van der Waals surface area contributed by atoms with Gasteiger partial charge in [-0.1, -0.05) is 33.3 Å². The Hall–Kier alpha value is -2.04. The van der Waals surface area contributed by atoms with E-state index in [0.29, 0.717) is 35.7 Å². The van der Waals surface area contributed by atoms with E-state index in [-0.39, 0.29) is 12.1 Å². The first kappa shape index (κ1) is 21.3. The highest BCUT2D eigenvalue weighted by molar-refractivity contribution is 5.89. The third kappa shape index (κ3) is 5.98. The second-order valence-electron chi connectivity index (χ2n) is 7.81. The van der Waals surface area contributed by atoms with Crippen molar-refractivity contribution in [2.24, 2.45) is 17.8 Å². The van der Waals surface area contributed by atoms with E-state index in [2.05, 4.69) is 20.8 Å². The first-order valence-electron chi connectivity index (χ1n) is 9.96.